The van der Waals surface area contributed by atoms with Crippen LogP contribution in [0.25, 0.3) is 0 Å². The van der Waals surface area contributed by atoms with Crippen molar-refractivity contribution >= 4 is 17.7 Å². The van der Waals surface area contributed by atoms with Crippen molar-refractivity contribution in [3.63, 3.8) is 0 Å². The maximum Gasteiger partial charge on any atom is 0.252 e. The van der Waals surface area contributed by atoms with Crippen LogP contribution in [0.5, 0.6) is 0 Å². The highest BCUT2D eigenvalue weighted by molar-refractivity contribution is 6.08. The van der Waals surface area contributed by atoms with Crippen LogP contribution in [0.1, 0.15) is 25.7 Å². The molecule has 0 aromatic heterocycles. The minimum atomic E-state index is -0.487. The van der Waals surface area contributed by atoms with Crippen LogP contribution in [0.2, 0.25) is 0 Å². The SMILES string of the molecule is O=C1C2CCC(=O)N2C(=O)C2CCCN12. The second-order valence-electron chi connectivity index (χ2n) is 4.35. The Bertz CT molecular complexity index is 366. The van der Waals surface area contributed by atoms with Gasteiger partial charge in [-0.2, -0.15) is 0 Å². The van der Waals surface area contributed by atoms with Crippen LogP contribution in [0.4, 0.5) is 0 Å². The van der Waals surface area contributed by atoms with Crippen molar-refractivity contribution < 1.29 is 14.4 Å². The molecule has 0 spiro atoms. The highest BCUT2D eigenvalue weighted by atomic mass is 16.2. The normalized spacial score (nSPS) is 34.8. The van der Waals surface area contributed by atoms with Crippen molar-refractivity contribution in [2.45, 2.75) is 37.8 Å². The molecule has 15 heavy (non-hydrogen) atoms. The van der Waals surface area contributed by atoms with Crippen LogP contribution in [0, 0.1) is 0 Å². The van der Waals surface area contributed by atoms with Gasteiger partial charge in [-0.25, -0.2) is 0 Å². The molecule has 5 heteroatoms. The van der Waals surface area contributed by atoms with Gasteiger partial charge in [-0.3, -0.25) is 19.3 Å². The highest BCUT2D eigenvalue weighted by Crippen LogP contribution is 2.32. The first-order chi connectivity index (χ1) is 7.20. The topological polar surface area (TPSA) is 57.7 Å². The minimum Gasteiger partial charge on any atom is -0.329 e. The lowest BCUT2D eigenvalue weighted by atomic mass is 10.1. The third kappa shape index (κ3) is 1.00. The molecule has 3 saturated heterocycles. The molecule has 3 aliphatic heterocycles. The summed E-state index contributed by atoms with van der Waals surface area (Å²) in [4.78, 5) is 38.3. The summed E-state index contributed by atoms with van der Waals surface area (Å²) >= 11 is 0. The molecular weight excluding hydrogens is 196 g/mol. The van der Waals surface area contributed by atoms with E-state index in [1.807, 2.05) is 0 Å². The predicted molar refractivity (Wildman–Crippen MR) is 49.6 cm³/mol. The molecule has 3 amide bonds. The summed E-state index contributed by atoms with van der Waals surface area (Å²) in [6, 6.07) is -0.838. The predicted octanol–water partition coefficient (Wildman–Crippen LogP) is -0.491. The number of nitrogens with zero attached hydrogens (tertiary/aromatic N) is 2. The Labute approximate surface area is 87.0 Å². The third-order valence-corrected chi connectivity index (χ3v) is 3.56. The van der Waals surface area contributed by atoms with Crippen molar-refractivity contribution in [1.82, 2.24) is 9.80 Å². The molecule has 3 heterocycles. The minimum absolute atomic E-state index is 0.0250. The Morgan fingerprint density at radius 2 is 1.80 bits per heavy atom. The van der Waals surface area contributed by atoms with E-state index in [4.69, 9.17) is 0 Å². The molecule has 0 aliphatic carbocycles. The number of imide groups is 1. The number of hydrogen-bond acceptors (Lipinski definition) is 3. The highest BCUT2D eigenvalue weighted by Gasteiger charge is 2.52. The van der Waals surface area contributed by atoms with E-state index in [0.29, 0.717) is 25.8 Å². The molecule has 2 atom stereocenters. The zero-order valence-corrected chi connectivity index (χ0v) is 8.31. The quantitative estimate of drug-likeness (QED) is 0.505. The van der Waals surface area contributed by atoms with Gasteiger partial charge in [0.1, 0.15) is 12.1 Å². The maximum atomic E-state index is 12.0. The van der Waals surface area contributed by atoms with Crippen LogP contribution in [0.3, 0.4) is 0 Å². The number of carbonyl (C=O) groups excluding carboxylic acids is 3. The zero-order chi connectivity index (χ0) is 10.6. The number of carbonyl (C=O) groups is 3. The van der Waals surface area contributed by atoms with Crippen molar-refractivity contribution in [3.05, 3.63) is 0 Å². The first kappa shape index (κ1) is 8.88. The van der Waals surface area contributed by atoms with Gasteiger partial charge in [-0.1, -0.05) is 0 Å². The van der Waals surface area contributed by atoms with Gasteiger partial charge in [0.25, 0.3) is 5.91 Å². The van der Waals surface area contributed by atoms with Gasteiger partial charge >= 0.3 is 0 Å². The number of hydrogen-bond donors (Lipinski definition) is 0. The summed E-state index contributed by atoms with van der Waals surface area (Å²) in [6.45, 7) is 0.674. The van der Waals surface area contributed by atoms with Crippen LogP contribution >= 0.6 is 0 Å². The molecule has 0 saturated carbocycles. The van der Waals surface area contributed by atoms with E-state index < -0.39 is 6.04 Å². The molecule has 80 valence electrons. The molecule has 0 N–H and O–H groups in total. The molecule has 5 nitrogen and oxygen atoms in total. The molecule has 3 aliphatic rings. The van der Waals surface area contributed by atoms with E-state index in [-0.39, 0.29) is 23.8 Å². The van der Waals surface area contributed by atoms with Crippen molar-refractivity contribution in [2.24, 2.45) is 0 Å². The van der Waals surface area contributed by atoms with Gasteiger partial charge in [-0.05, 0) is 19.3 Å². The number of fused-ring (bicyclic) bond motifs is 2. The fraction of sp³-hybridized carbons (Fsp3) is 0.700. The van der Waals surface area contributed by atoms with Crippen molar-refractivity contribution in [2.75, 3.05) is 6.54 Å². The third-order valence-electron chi connectivity index (χ3n) is 3.56. The van der Waals surface area contributed by atoms with E-state index in [2.05, 4.69) is 0 Å². The van der Waals surface area contributed by atoms with Gasteiger partial charge in [0, 0.05) is 13.0 Å². The lowest BCUT2D eigenvalue weighted by molar-refractivity contribution is -0.161. The molecule has 3 rings (SSSR count). The smallest absolute Gasteiger partial charge is 0.252 e. The van der Waals surface area contributed by atoms with E-state index in [9.17, 15) is 14.4 Å². The molecule has 0 radical (unpaired) electrons. The number of piperazine rings is 1. The monoisotopic (exact) mass is 208 g/mol. The Hall–Kier alpha value is -1.39. The molecular formula is C10H12N2O3. The summed E-state index contributed by atoms with van der Waals surface area (Å²) in [5.74, 6) is -0.354. The maximum absolute atomic E-state index is 12.0. The lowest BCUT2D eigenvalue weighted by Crippen LogP contribution is -2.61. The average Bonchev–Trinajstić information content (AvgIpc) is 2.80. The van der Waals surface area contributed by atoms with E-state index in [0.717, 1.165) is 6.42 Å². The molecule has 3 fully saturated rings. The average molecular weight is 208 g/mol. The Morgan fingerprint density at radius 3 is 2.60 bits per heavy atom. The molecule has 0 aromatic carbocycles. The standard InChI is InChI=1S/C10H12N2O3/c13-8-4-3-7-9(14)11-5-1-2-6(11)10(15)12(7)8/h6-7H,1-5H2. The lowest BCUT2D eigenvalue weighted by Gasteiger charge is -2.37. The van der Waals surface area contributed by atoms with Crippen molar-refractivity contribution in [1.29, 1.82) is 0 Å². The van der Waals surface area contributed by atoms with Crippen LogP contribution in [0.15, 0.2) is 0 Å². The second-order valence-corrected chi connectivity index (χ2v) is 4.35. The van der Waals surface area contributed by atoms with Gasteiger partial charge in [0.15, 0.2) is 0 Å². The second kappa shape index (κ2) is 2.81. The molecule has 0 bridgehead atoms. The van der Waals surface area contributed by atoms with Crippen LogP contribution in [-0.4, -0.2) is 46.1 Å². The molecule has 0 aromatic rings. The molecule has 2 unspecified atom stereocenters. The van der Waals surface area contributed by atoms with Crippen LogP contribution in [-0.2, 0) is 14.4 Å². The van der Waals surface area contributed by atoms with E-state index in [1.54, 1.807) is 4.90 Å². The fourth-order valence-electron chi connectivity index (χ4n) is 2.83. The summed E-state index contributed by atoms with van der Waals surface area (Å²) < 4.78 is 0. The van der Waals surface area contributed by atoms with E-state index >= 15 is 0 Å². The van der Waals surface area contributed by atoms with Gasteiger partial charge < -0.3 is 4.90 Å². The summed E-state index contributed by atoms with van der Waals surface area (Å²) in [5, 5.41) is 0. The Balaban J connectivity index is 2.00. The number of rotatable bonds is 0. The Morgan fingerprint density at radius 1 is 1.00 bits per heavy atom. The van der Waals surface area contributed by atoms with E-state index in [1.165, 1.54) is 4.90 Å². The van der Waals surface area contributed by atoms with Crippen LogP contribution < -0.4 is 0 Å². The zero-order valence-electron chi connectivity index (χ0n) is 8.31. The van der Waals surface area contributed by atoms with Gasteiger partial charge in [0.05, 0.1) is 0 Å². The van der Waals surface area contributed by atoms with Gasteiger partial charge in [-0.15, -0.1) is 0 Å². The summed E-state index contributed by atoms with van der Waals surface area (Å²) in [5.41, 5.74) is 0. The first-order valence-electron chi connectivity index (χ1n) is 5.36. The fourth-order valence-corrected chi connectivity index (χ4v) is 2.83. The largest absolute Gasteiger partial charge is 0.329 e. The first-order valence-corrected chi connectivity index (χ1v) is 5.36. The Kier molecular flexibility index (Phi) is 1.66. The number of amides is 3. The summed E-state index contributed by atoms with van der Waals surface area (Å²) in [6.07, 6.45) is 2.42. The van der Waals surface area contributed by atoms with Crippen molar-refractivity contribution in [3.8, 4) is 0 Å². The van der Waals surface area contributed by atoms with Gasteiger partial charge in [0.2, 0.25) is 11.8 Å². The summed E-state index contributed by atoms with van der Waals surface area (Å²) in [7, 11) is 0.